The molecule has 1 saturated carbocycles. The number of nitrogens with zero attached hydrogens (tertiary/aromatic N) is 3. The molecule has 1 aliphatic carbocycles. The lowest BCUT2D eigenvalue weighted by atomic mass is 10.3. The summed E-state index contributed by atoms with van der Waals surface area (Å²) in [5.74, 6) is 0.257. The SMILES string of the molecule is Cc1nn(-c2cc(=O)[nH]c(C3CC3)n2)cc1C(=O)O. The van der Waals surface area contributed by atoms with E-state index < -0.39 is 5.97 Å². The lowest BCUT2D eigenvalue weighted by Crippen LogP contribution is -2.13. The minimum atomic E-state index is -1.05. The van der Waals surface area contributed by atoms with Gasteiger partial charge in [0.25, 0.3) is 5.56 Å². The Morgan fingerprint density at radius 3 is 2.84 bits per heavy atom. The Labute approximate surface area is 107 Å². The molecule has 0 aromatic carbocycles. The fourth-order valence-electron chi connectivity index (χ4n) is 1.92. The van der Waals surface area contributed by atoms with Crippen molar-refractivity contribution in [2.24, 2.45) is 0 Å². The van der Waals surface area contributed by atoms with Crippen molar-refractivity contribution in [3.05, 3.63) is 39.7 Å². The highest BCUT2D eigenvalue weighted by Gasteiger charge is 2.26. The van der Waals surface area contributed by atoms with Crippen molar-refractivity contribution in [2.75, 3.05) is 0 Å². The average Bonchev–Trinajstić information content (AvgIpc) is 3.11. The van der Waals surface area contributed by atoms with Gasteiger partial charge < -0.3 is 10.1 Å². The van der Waals surface area contributed by atoms with Crippen molar-refractivity contribution in [2.45, 2.75) is 25.7 Å². The number of aromatic nitrogens is 4. The minimum Gasteiger partial charge on any atom is -0.478 e. The zero-order valence-corrected chi connectivity index (χ0v) is 10.3. The maximum absolute atomic E-state index is 11.6. The number of H-pyrrole nitrogens is 1. The third-order valence-corrected chi connectivity index (χ3v) is 3.07. The summed E-state index contributed by atoms with van der Waals surface area (Å²) in [6.45, 7) is 1.61. The number of aromatic amines is 1. The predicted octanol–water partition coefficient (Wildman–Crippen LogP) is 0.840. The van der Waals surface area contributed by atoms with Crippen LogP contribution in [0.2, 0.25) is 0 Å². The topological polar surface area (TPSA) is 101 Å². The number of carbonyl (C=O) groups is 1. The van der Waals surface area contributed by atoms with Gasteiger partial charge in [-0.3, -0.25) is 4.79 Å². The number of aryl methyl sites for hydroxylation is 1. The van der Waals surface area contributed by atoms with Gasteiger partial charge in [0.05, 0.1) is 5.69 Å². The average molecular weight is 260 g/mol. The van der Waals surface area contributed by atoms with Gasteiger partial charge in [-0.05, 0) is 19.8 Å². The van der Waals surface area contributed by atoms with Crippen LogP contribution in [0.25, 0.3) is 5.82 Å². The third-order valence-electron chi connectivity index (χ3n) is 3.07. The Morgan fingerprint density at radius 2 is 2.26 bits per heavy atom. The van der Waals surface area contributed by atoms with Crippen LogP contribution in [0.4, 0.5) is 0 Å². The Balaban J connectivity index is 2.08. The number of carboxylic acids is 1. The van der Waals surface area contributed by atoms with Gasteiger partial charge in [-0.2, -0.15) is 5.10 Å². The van der Waals surface area contributed by atoms with Crippen LogP contribution in [0.3, 0.4) is 0 Å². The fraction of sp³-hybridized carbons (Fsp3) is 0.333. The summed E-state index contributed by atoms with van der Waals surface area (Å²) in [5.41, 5.74) is 0.245. The summed E-state index contributed by atoms with van der Waals surface area (Å²) in [6.07, 6.45) is 3.41. The van der Waals surface area contributed by atoms with Gasteiger partial charge in [-0.25, -0.2) is 14.5 Å². The standard InChI is InChI=1S/C12H12N4O3/c1-6-8(12(18)19)5-16(15-6)9-4-10(17)14-11(13-9)7-2-3-7/h4-5,7H,2-3H2,1H3,(H,18,19)(H,13,14,17). The number of aromatic carboxylic acids is 1. The number of hydrogen-bond donors (Lipinski definition) is 2. The highest BCUT2D eigenvalue weighted by Crippen LogP contribution is 2.37. The molecule has 2 aromatic heterocycles. The first kappa shape index (κ1) is 11.6. The van der Waals surface area contributed by atoms with Crippen LogP contribution in [0.15, 0.2) is 17.1 Å². The first-order valence-corrected chi connectivity index (χ1v) is 5.96. The van der Waals surface area contributed by atoms with E-state index in [-0.39, 0.29) is 11.1 Å². The fourth-order valence-corrected chi connectivity index (χ4v) is 1.92. The maximum Gasteiger partial charge on any atom is 0.339 e. The molecule has 0 aliphatic heterocycles. The number of carboxylic acid groups (broad SMARTS) is 1. The molecule has 2 N–H and O–H groups in total. The van der Waals surface area contributed by atoms with Crippen molar-refractivity contribution in [1.29, 1.82) is 0 Å². The van der Waals surface area contributed by atoms with E-state index in [1.165, 1.54) is 16.9 Å². The Morgan fingerprint density at radius 1 is 1.53 bits per heavy atom. The van der Waals surface area contributed by atoms with Crippen molar-refractivity contribution < 1.29 is 9.90 Å². The van der Waals surface area contributed by atoms with Crippen LogP contribution in [-0.2, 0) is 0 Å². The largest absolute Gasteiger partial charge is 0.478 e. The zero-order valence-electron chi connectivity index (χ0n) is 10.3. The molecule has 0 spiro atoms. The van der Waals surface area contributed by atoms with Gasteiger partial charge in [0.2, 0.25) is 0 Å². The van der Waals surface area contributed by atoms with Crippen molar-refractivity contribution >= 4 is 5.97 Å². The van der Waals surface area contributed by atoms with Gasteiger partial charge in [-0.15, -0.1) is 0 Å². The second kappa shape index (κ2) is 4.04. The van der Waals surface area contributed by atoms with Crippen molar-refractivity contribution in [1.82, 2.24) is 19.7 Å². The highest BCUT2D eigenvalue weighted by molar-refractivity contribution is 5.88. The van der Waals surface area contributed by atoms with Crippen LogP contribution >= 0.6 is 0 Å². The van der Waals surface area contributed by atoms with E-state index >= 15 is 0 Å². The molecule has 0 bridgehead atoms. The molecule has 1 fully saturated rings. The van der Waals surface area contributed by atoms with Crippen LogP contribution in [0.5, 0.6) is 0 Å². The van der Waals surface area contributed by atoms with Crippen LogP contribution in [-0.4, -0.2) is 30.8 Å². The van der Waals surface area contributed by atoms with E-state index in [1.54, 1.807) is 6.92 Å². The van der Waals surface area contributed by atoms with Gasteiger partial charge in [0, 0.05) is 18.2 Å². The predicted molar refractivity (Wildman–Crippen MR) is 65.7 cm³/mol. The molecule has 98 valence electrons. The number of rotatable bonds is 3. The maximum atomic E-state index is 11.6. The second-order valence-electron chi connectivity index (χ2n) is 4.64. The van der Waals surface area contributed by atoms with E-state index in [9.17, 15) is 9.59 Å². The Bertz CT molecular complexity index is 712. The van der Waals surface area contributed by atoms with Crippen LogP contribution < -0.4 is 5.56 Å². The molecule has 0 radical (unpaired) electrons. The molecule has 0 amide bonds. The van der Waals surface area contributed by atoms with Crippen LogP contribution in [0, 0.1) is 6.92 Å². The molecule has 3 rings (SSSR count). The van der Waals surface area contributed by atoms with E-state index in [2.05, 4.69) is 15.1 Å². The van der Waals surface area contributed by atoms with E-state index in [0.717, 1.165) is 12.8 Å². The van der Waals surface area contributed by atoms with Gasteiger partial charge in [0.15, 0.2) is 5.82 Å². The Hall–Kier alpha value is -2.44. The summed E-state index contributed by atoms with van der Waals surface area (Å²) in [4.78, 5) is 29.6. The molecule has 7 heteroatoms. The molecule has 7 nitrogen and oxygen atoms in total. The van der Waals surface area contributed by atoms with E-state index in [1.807, 2.05) is 0 Å². The van der Waals surface area contributed by atoms with E-state index in [4.69, 9.17) is 5.11 Å². The summed E-state index contributed by atoms with van der Waals surface area (Å²) in [5, 5.41) is 13.1. The molecule has 1 aliphatic rings. The number of nitrogens with one attached hydrogen (secondary N) is 1. The lowest BCUT2D eigenvalue weighted by Gasteiger charge is -2.02. The van der Waals surface area contributed by atoms with Crippen LogP contribution in [0.1, 0.15) is 40.6 Å². The molecule has 19 heavy (non-hydrogen) atoms. The van der Waals surface area contributed by atoms with E-state index in [0.29, 0.717) is 23.3 Å². The molecule has 2 heterocycles. The molecular weight excluding hydrogens is 248 g/mol. The smallest absolute Gasteiger partial charge is 0.339 e. The quantitative estimate of drug-likeness (QED) is 0.851. The minimum absolute atomic E-state index is 0.107. The van der Waals surface area contributed by atoms with Gasteiger partial charge in [-0.1, -0.05) is 0 Å². The summed E-state index contributed by atoms with van der Waals surface area (Å²) >= 11 is 0. The first-order valence-electron chi connectivity index (χ1n) is 5.96. The zero-order chi connectivity index (χ0) is 13.6. The Kier molecular flexibility index (Phi) is 2.48. The molecule has 0 unspecified atom stereocenters. The summed E-state index contributed by atoms with van der Waals surface area (Å²) < 4.78 is 1.33. The molecular formula is C12H12N4O3. The molecule has 0 saturated heterocycles. The highest BCUT2D eigenvalue weighted by atomic mass is 16.4. The van der Waals surface area contributed by atoms with Crippen molar-refractivity contribution in [3.8, 4) is 5.82 Å². The summed E-state index contributed by atoms with van der Waals surface area (Å²) in [7, 11) is 0. The number of hydrogen-bond acceptors (Lipinski definition) is 4. The third kappa shape index (κ3) is 2.14. The lowest BCUT2D eigenvalue weighted by molar-refractivity contribution is 0.0696. The second-order valence-corrected chi connectivity index (χ2v) is 4.64. The molecule has 0 atom stereocenters. The van der Waals surface area contributed by atoms with Crippen molar-refractivity contribution in [3.63, 3.8) is 0 Å². The normalized spacial score (nSPS) is 14.6. The monoisotopic (exact) mass is 260 g/mol. The molecule has 2 aromatic rings. The van der Waals surface area contributed by atoms with Gasteiger partial charge in [0.1, 0.15) is 11.4 Å². The first-order chi connectivity index (χ1) is 9.04. The van der Waals surface area contributed by atoms with Gasteiger partial charge >= 0.3 is 5.97 Å². The summed E-state index contributed by atoms with van der Waals surface area (Å²) in [6, 6.07) is 1.31.